The Balaban J connectivity index is 1.03. The molecule has 5 fully saturated rings. The summed E-state index contributed by atoms with van der Waals surface area (Å²) in [7, 11) is 0. The van der Waals surface area contributed by atoms with E-state index >= 15 is 8.78 Å². The van der Waals surface area contributed by atoms with Crippen LogP contribution in [0.25, 0.3) is 22.0 Å². The van der Waals surface area contributed by atoms with Crippen molar-refractivity contribution in [3.63, 3.8) is 0 Å². The number of terminal acetylenes is 1. The molecule has 13 heteroatoms. The van der Waals surface area contributed by atoms with Crippen LogP contribution in [0, 0.1) is 35.3 Å². The number of aliphatic hydroxyl groups is 1. The highest BCUT2D eigenvalue weighted by atomic mass is 19.1. The van der Waals surface area contributed by atoms with Crippen molar-refractivity contribution in [1.82, 2.24) is 14.8 Å². The summed E-state index contributed by atoms with van der Waals surface area (Å²) in [5.41, 5.74) is -0.866. The highest BCUT2D eigenvalue weighted by Crippen LogP contribution is 2.49. The zero-order chi connectivity index (χ0) is 38.7. The summed E-state index contributed by atoms with van der Waals surface area (Å²) < 4.78 is 56.7. The van der Waals surface area contributed by atoms with Crippen molar-refractivity contribution < 1.29 is 37.9 Å². The van der Waals surface area contributed by atoms with Crippen molar-refractivity contribution in [3.8, 4) is 29.4 Å². The number of likely N-dealkylation sites (tertiary alicyclic amines) is 1. The standard InChI is InChI=1S/C43H51F2N5O6/c1-3-30-33(44)8-7-28-18-29(51)19-31(35(28)30)37-36(45)38-32(21-46-37)39(50-14-17-54-24-41(2,52)23-50)48-40(47-38)55-25-42-10-4-6-34(42)49(13-5-11-42)22-27-9-15-56-43(20-27)12-16-53-26-43/h1,7-8,18-19,21,27,34,40,47,51-52H,4-6,9-17,20,22-26H2,2H3/t27?,34?,40?,41-,42+,43?/m0/s1. The lowest BCUT2D eigenvalue weighted by Crippen LogP contribution is -2.54. The molecule has 4 unspecified atom stereocenters. The van der Waals surface area contributed by atoms with Crippen LogP contribution >= 0.6 is 0 Å². The molecule has 11 nitrogen and oxygen atoms in total. The van der Waals surface area contributed by atoms with Crippen molar-refractivity contribution in [2.24, 2.45) is 16.3 Å². The summed E-state index contributed by atoms with van der Waals surface area (Å²) >= 11 is 0. The molecule has 1 saturated carbocycles. The number of nitrogens with zero attached hydrogens (tertiary/aromatic N) is 4. The number of anilines is 1. The monoisotopic (exact) mass is 771 g/mol. The summed E-state index contributed by atoms with van der Waals surface area (Å²) in [5, 5.41) is 25.8. The van der Waals surface area contributed by atoms with Gasteiger partial charge in [-0.1, -0.05) is 18.4 Å². The van der Waals surface area contributed by atoms with Crippen LogP contribution in [-0.4, -0.2) is 120 Å². The zero-order valence-electron chi connectivity index (χ0n) is 32.0. The molecule has 9 rings (SSSR count). The maximum atomic E-state index is 17.2. The number of hydrogen-bond donors (Lipinski definition) is 3. The average Bonchev–Trinajstić information content (AvgIpc) is 3.78. The number of halogens is 2. The molecule has 1 aromatic heterocycles. The van der Waals surface area contributed by atoms with Gasteiger partial charge in [-0.2, -0.15) is 0 Å². The molecule has 1 aliphatic carbocycles. The Bertz CT molecular complexity index is 2070. The van der Waals surface area contributed by atoms with Crippen LogP contribution in [-0.2, 0) is 18.9 Å². The molecule has 56 heavy (non-hydrogen) atoms. The van der Waals surface area contributed by atoms with Gasteiger partial charge in [0.05, 0.1) is 55.4 Å². The second-order valence-corrected chi connectivity index (χ2v) is 17.2. The van der Waals surface area contributed by atoms with Gasteiger partial charge in [-0.3, -0.25) is 9.88 Å². The van der Waals surface area contributed by atoms with E-state index in [1.807, 2.05) is 4.90 Å². The van der Waals surface area contributed by atoms with Gasteiger partial charge in [-0.15, -0.1) is 6.42 Å². The van der Waals surface area contributed by atoms with Gasteiger partial charge in [0, 0.05) is 61.3 Å². The second-order valence-electron chi connectivity index (χ2n) is 17.2. The van der Waals surface area contributed by atoms with Gasteiger partial charge in [0.2, 0.25) is 6.35 Å². The fraction of sp³-hybridized carbons (Fsp3) is 0.581. The third-order valence-electron chi connectivity index (χ3n) is 13.1. The molecule has 298 valence electrons. The van der Waals surface area contributed by atoms with Crippen LogP contribution in [0.2, 0.25) is 0 Å². The van der Waals surface area contributed by atoms with Crippen LogP contribution in [0.4, 0.5) is 14.5 Å². The molecule has 0 amide bonds. The number of pyridine rings is 1. The van der Waals surface area contributed by atoms with E-state index in [1.165, 1.54) is 30.5 Å². The number of phenolic OH excluding ortho intramolecular Hbond substituents is 1. The SMILES string of the molecule is C#Cc1c(F)ccc2cc(O)cc(-c3ncc4c(c3F)NC(OC[C@]35CCCC3N(CC3CCOC6(CCOC6)C3)CCC5)N=C4N3CCOC[C@@](C)(O)C3)c12. The highest BCUT2D eigenvalue weighted by molar-refractivity contribution is 6.06. The molecule has 0 radical (unpaired) electrons. The summed E-state index contributed by atoms with van der Waals surface area (Å²) in [6.45, 7) is 7.61. The molecule has 3 N–H and O–H groups in total. The summed E-state index contributed by atoms with van der Waals surface area (Å²) in [4.78, 5) is 14.2. The number of β-amino-alcohol motifs (C(OH)–C–C–N with tert-alkyl or cyclic N) is 1. The van der Waals surface area contributed by atoms with Crippen LogP contribution in [0.3, 0.4) is 0 Å². The first-order valence-electron chi connectivity index (χ1n) is 20.1. The molecule has 1 spiro atoms. The quantitative estimate of drug-likeness (QED) is 0.272. The molecule has 0 bridgehead atoms. The van der Waals surface area contributed by atoms with E-state index in [9.17, 15) is 10.2 Å². The predicted molar refractivity (Wildman–Crippen MR) is 207 cm³/mol. The predicted octanol–water partition coefficient (Wildman–Crippen LogP) is 5.64. The minimum Gasteiger partial charge on any atom is -0.508 e. The van der Waals surface area contributed by atoms with Gasteiger partial charge in [0.15, 0.2) is 5.82 Å². The normalized spacial score (nSPS) is 32.1. The van der Waals surface area contributed by atoms with Crippen molar-refractivity contribution in [2.75, 3.05) is 71.1 Å². The molecule has 3 aromatic rings. The van der Waals surface area contributed by atoms with Crippen molar-refractivity contribution >= 4 is 22.3 Å². The average molecular weight is 772 g/mol. The number of benzene rings is 2. The number of phenols is 1. The summed E-state index contributed by atoms with van der Waals surface area (Å²) in [6.07, 6.45) is 14.8. The van der Waals surface area contributed by atoms with Gasteiger partial charge in [0.25, 0.3) is 0 Å². The van der Waals surface area contributed by atoms with Gasteiger partial charge in [-0.05, 0) is 81.5 Å². The number of fused-ring (bicyclic) bond motifs is 3. The Morgan fingerprint density at radius 2 is 1.91 bits per heavy atom. The van der Waals surface area contributed by atoms with Gasteiger partial charge < -0.3 is 39.4 Å². The number of piperidine rings is 1. The first-order valence-corrected chi connectivity index (χ1v) is 20.1. The number of ether oxygens (including phenoxy) is 4. The number of amidine groups is 1. The zero-order valence-corrected chi connectivity index (χ0v) is 32.0. The Kier molecular flexibility index (Phi) is 9.95. The maximum Gasteiger partial charge on any atom is 0.227 e. The number of hydrogen-bond acceptors (Lipinski definition) is 11. The highest BCUT2D eigenvalue weighted by Gasteiger charge is 2.50. The van der Waals surface area contributed by atoms with Crippen LogP contribution in [0.15, 0.2) is 35.5 Å². The summed E-state index contributed by atoms with van der Waals surface area (Å²) in [5.74, 6) is 1.90. The topological polar surface area (TPSA) is 121 Å². The van der Waals surface area contributed by atoms with Gasteiger partial charge >= 0.3 is 0 Å². The molecule has 6 heterocycles. The van der Waals surface area contributed by atoms with E-state index in [0.29, 0.717) is 55.1 Å². The molecule has 4 saturated heterocycles. The van der Waals surface area contributed by atoms with E-state index in [2.05, 4.69) is 21.1 Å². The van der Waals surface area contributed by atoms with E-state index in [0.717, 1.165) is 77.7 Å². The fourth-order valence-electron chi connectivity index (χ4n) is 10.5. The van der Waals surface area contributed by atoms with Crippen LogP contribution in [0.5, 0.6) is 5.75 Å². The van der Waals surface area contributed by atoms with Crippen LogP contribution in [0.1, 0.15) is 69.4 Å². The third kappa shape index (κ3) is 6.92. The lowest BCUT2D eigenvalue weighted by atomic mass is 9.74. The molecule has 5 aliphatic heterocycles. The minimum atomic E-state index is -1.18. The van der Waals surface area contributed by atoms with Crippen molar-refractivity contribution in [2.45, 2.75) is 81.9 Å². The first kappa shape index (κ1) is 37.7. The minimum absolute atomic E-state index is 0.0459. The smallest absolute Gasteiger partial charge is 0.227 e. The Morgan fingerprint density at radius 1 is 1.05 bits per heavy atom. The maximum absolute atomic E-state index is 17.2. The molecule has 6 aliphatic rings. The Labute approximate surface area is 326 Å². The van der Waals surface area contributed by atoms with Crippen molar-refractivity contribution in [1.29, 1.82) is 0 Å². The summed E-state index contributed by atoms with van der Waals surface area (Å²) in [6, 6.07) is 5.92. The second kappa shape index (κ2) is 14.8. The molecular formula is C43H51F2N5O6. The largest absolute Gasteiger partial charge is 0.508 e. The molecular weight excluding hydrogens is 720 g/mol. The lowest BCUT2D eigenvalue weighted by Gasteiger charge is -2.49. The van der Waals surface area contributed by atoms with Crippen molar-refractivity contribution in [3.05, 3.63) is 53.2 Å². The third-order valence-corrected chi connectivity index (χ3v) is 13.1. The number of aliphatic imine (C=N–C) groups is 1. The Morgan fingerprint density at radius 3 is 2.75 bits per heavy atom. The van der Waals surface area contributed by atoms with Gasteiger partial charge in [-0.25, -0.2) is 13.8 Å². The van der Waals surface area contributed by atoms with Crippen LogP contribution < -0.4 is 5.32 Å². The van der Waals surface area contributed by atoms with E-state index in [-0.39, 0.29) is 57.8 Å². The van der Waals surface area contributed by atoms with E-state index in [4.69, 9.17) is 30.4 Å². The Hall–Kier alpha value is -3.90. The number of aromatic nitrogens is 1. The number of aromatic hydroxyl groups is 1. The van der Waals surface area contributed by atoms with E-state index in [1.54, 1.807) is 6.92 Å². The number of rotatable bonds is 6. The van der Waals surface area contributed by atoms with E-state index < -0.39 is 23.6 Å². The first-order chi connectivity index (χ1) is 27.1. The number of nitrogens with one attached hydrogen (secondary N) is 1. The molecule has 2 aromatic carbocycles. The molecule has 6 atom stereocenters. The fourth-order valence-corrected chi connectivity index (χ4v) is 10.5. The lowest BCUT2D eigenvalue weighted by molar-refractivity contribution is -0.109. The van der Waals surface area contributed by atoms with Gasteiger partial charge in [0.1, 0.15) is 28.7 Å².